The maximum atomic E-state index is 12.9. The van der Waals surface area contributed by atoms with Gasteiger partial charge in [-0.3, -0.25) is 4.79 Å². The van der Waals surface area contributed by atoms with Crippen molar-refractivity contribution in [2.45, 2.75) is 56.3 Å². The number of rotatable bonds is 2. The summed E-state index contributed by atoms with van der Waals surface area (Å²) in [4.78, 5) is 26.7. The molecule has 134 valence electrons. The molecule has 0 radical (unpaired) electrons. The first kappa shape index (κ1) is 16.4. The van der Waals surface area contributed by atoms with E-state index in [-0.39, 0.29) is 36.2 Å². The van der Waals surface area contributed by atoms with Crippen LogP contribution in [0.5, 0.6) is 0 Å². The molecular weight excluding hydrogens is 318 g/mol. The van der Waals surface area contributed by atoms with Crippen molar-refractivity contribution in [3.63, 3.8) is 0 Å². The predicted octanol–water partition coefficient (Wildman–Crippen LogP) is 1.97. The first-order valence-corrected chi connectivity index (χ1v) is 9.25. The molecule has 0 bridgehead atoms. The van der Waals surface area contributed by atoms with Gasteiger partial charge in [0, 0.05) is 13.0 Å². The highest BCUT2D eigenvalue weighted by atomic mass is 16.5. The molecule has 1 saturated carbocycles. The van der Waals surface area contributed by atoms with E-state index in [0.29, 0.717) is 26.0 Å². The van der Waals surface area contributed by atoms with Crippen molar-refractivity contribution in [2.24, 2.45) is 0 Å². The van der Waals surface area contributed by atoms with Gasteiger partial charge in [-0.05, 0) is 31.2 Å². The molecule has 6 nitrogen and oxygen atoms in total. The Labute approximate surface area is 147 Å². The summed E-state index contributed by atoms with van der Waals surface area (Å²) in [6, 6.07) is 9.77. The molecule has 6 heteroatoms. The van der Waals surface area contributed by atoms with Gasteiger partial charge in [-0.1, -0.05) is 30.3 Å². The number of nitrogens with zero attached hydrogens (tertiary/aromatic N) is 1. The van der Waals surface area contributed by atoms with Crippen molar-refractivity contribution in [2.75, 3.05) is 13.2 Å². The second kappa shape index (κ2) is 7.04. The maximum absolute atomic E-state index is 12.9. The third kappa shape index (κ3) is 3.35. The SMILES string of the molecule is O=C1CC[C@@H](NC(=O)N2CCO[C@@H]3CCC[C@@H]32)[C@H](c2ccccc2)N1. The fraction of sp³-hybridized carbons (Fsp3) is 0.579. The summed E-state index contributed by atoms with van der Waals surface area (Å²) in [7, 11) is 0. The zero-order valence-corrected chi connectivity index (χ0v) is 14.3. The number of carbonyl (C=O) groups is 2. The quantitative estimate of drug-likeness (QED) is 0.862. The van der Waals surface area contributed by atoms with Crippen LogP contribution >= 0.6 is 0 Å². The van der Waals surface area contributed by atoms with Gasteiger partial charge in [0.05, 0.1) is 30.8 Å². The first-order chi connectivity index (χ1) is 12.2. The Kier molecular flexibility index (Phi) is 4.61. The lowest BCUT2D eigenvalue weighted by Gasteiger charge is -2.40. The summed E-state index contributed by atoms with van der Waals surface area (Å²) in [6.07, 6.45) is 4.47. The topological polar surface area (TPSA) is 70.7 Å². The molecule has 4 rings (SSSR count). The van der Waals surface area contributed by atoms with Crippen LogP contribution in [0.15, 0.2) is 30.3 Å². The second-order valence-corrected chi connectivity index (χ2v) is 7.15. The lowest BCUT2D eigenvalue weighted by atomic mass is 9.92. The number of hydrogen-bond donors (Lipinski definition) is 2. The van der Waals surface area contributed by atoms with Gasteiger partial charge in [0.25, 0.3) is 0 Å². The minimum absolute atomic E-state index is 0.0257. The Hall–Kier alpha value is -2.08. The third-order valence-electron chi connectivity index (χ3n) is 5.61. The average Bonchev–Trinajstić information content (AvgIpc) is 3.12. The number of amides is 3. The standard InChI is InChI=1S/C19H25N3O3/c23-17-10-9-14(18(21-17)13-5-2-1-3-6-13)20-19(24)22-11-12-25-16-8-4-7-15(16)22/h1-3,5-6,14-16,18H,4,7-12H2,(H,20,24)(H,21,23)/t14-,15+,16-,18+/m1/s1. The molecule has 2 aliphatic heterocycles. The van der Waals surface area contributed by atoms with Crippen molar-refractivity contribution in [3.05, 3.63) is 35.9 Å². The van der Waals surface area contributed by atoms with E-state index in [2.05, 4.69) is 10.6 Å². The van der Waals surface area contributed by atoms with E-state index in [1.54, 1.807) is 0 Å². The van der Waals surface area contributed by atoms with Gasteiger partial charge in [0.15, 0.2) is 0 Å². The van der Waals surface area contributed by atoms with Gasteiger partial charge in [-0.2, -0.15) is 0 Å². The Balaban J connectivity index is 1.48. The molecular formula is C19H25N3O3. The van der Waals surface area contributed by atoms with E-state index in [0.717, 1.165) is 24.8 Å². The number of benzene rings is 1. The number of fused-ring (bicyclic) bond motifs is 1. The van der Waals surface area contributed by atoms with Crippen molar-refractivity contribution < 1.29 is 14.3 Å². The lowest BCUT2D eigenvalue weighted by molar-refractivity contribution is -0.123. The molecule has 3 aliphatic rings. The summed E-state index contributed by atoms with van der Waals surface area (Å²) in [5.74, 6) is 0.0431. The predicted molar refractivity (Wildman–Crippen MR) is 93.0 cm³/mol. The molecule has 3 amide bonds. The van der Waals surface area contributed by atoms with Crippen LogP contribution in [-0.4, -0.2) is 48.2 Å². The number of nitrogens with one attached hydrogen (secondary N) is 2. The van der Waals surface area contributed by atoms with Gasteiger partial charge >= 0.3 is 6.03 Å². The van der Waals surface area contributed by atoms with E-state index >= 15 is 0 Å². The van der Waals surface area contributed by atoms with E-state index in [9.17, 15) is 9.59 Å². The molecule has 25 heavy (non-hydrogen) atoms. The lowest BCUT2D eigenvalue weighted by Crippen LogP contribution is -2.58. The van der Waals surface area contributed by atoms with Crippen molar-refractivity contribution in [3.8, 4) is 0 Å². The molecule has 4 atom stereocenters. The molecule has 3 fully saturated rings. The van der Waals surface area contributed by atoms with E-state index in [4.69, 9.17) is 4.74 Å². The number of ether oxygens (including phenoxy) is 1. The Morgan fingerprint density at radius 3 is 2.88 bits per heavy atom. The molecule has 1 aliphatic carbocycles. The van der Waals surface area contributed by atoms with Crippen LogP contribution in [-0.2, 0) is 9.53 Å². The van der Waals surface area contributed by atoms with Crippen molar-refractivity contribution in [1.82, 2.24) is 15.5 Å². The monoisotopic (exact) mass is 343 g/mol. The van der Waals surface area contributed by atoms with Crippen molar-refractivity contribution >= 4 is 11.9 Å². The minimum Gasteiger partial charge on any atom is -0.374 e. The summed E-state index contributed by atoms with van der Waals surface area (Å²) >= 11 is 0. The average molecular weight is 343 g/mol. The third-order valence-corrected chi connectivity index (χ3v) is 5.61. The molecule has 0 aromatic heterocycles. The fourth-order valence-electron chi connectivity index (χ4n) is 4.35. The zero-order chi connectivity index (χ0) is 17.2. The molecule has 0 unspecified atom stereocenters. The molecule has 2 heterocycles. The molecule has 1 aromatic rings. The molecule has 2 N–H and O–H groups in total. The van der Waals surface area contributed by atoms with E-state index in [1.165, 1.54) is 0 Å². The Bertz CT molecular complexity index is 636. The smallest absolute Gasteiger partial charge is 0.318 e. The first-order valence-electron chi connectivity index (χ1n) is 9.25. The van der Waals surface area contributed by atoms with E-state index in [1.807, 2.05) is 35.2 Å². The number of carbonyl (C=O) groups excluding carboxylic acids is 2. The van der Waals surface area contributed by atoms with Crippen LogP contribution in [0.3, 0.4) is 0 Å². The summed E-state index contributed by atoms with van der Waals surface area (Å²) < 4.78 is 5.80. The largest absolute Gasteiger partial charge is 0.374 e. The Morgan fingerprint density at radius 2 is 2.04 bits per heavy atom. The van der Waals surface area contributed by atoms with Crippen LogP contribution in [0.2, 0.25) is 0 Å². The number of piperidine rings is 1. The molecule has 2 saturated heterocycles. The summed E-state index contributed by atoms with van der Waals surface area (Å²) in [6.45, 7) is 1.25. The Morgan fingerprint density at radius 1 is 1.20 bits per heavy atom. The highest BCUT2D eigenvalue weighted by Crippen LogP contribution is 2.30. The van der Waals surface area contributed by atoms with Crippen LogP contribution in [0.4, 0.5) is 4.79 Å². The van der Waals surface area contributed by atoms with Gasteiger partial charge in [-0.15, -0.1) is 0 Å². The number of urea groups is 1. The van der Waals surface area contributed by atoms with Gasteiger partial charge in [0.1, 0.15) is 0 Å². The zero-order valence-electron chi connectivity index (χ0n) is 14.3. The van der Waals surface area contributed by atoms with Crippen molar-refractivity contribution in [1.29, 1.82) is 0 Å². The minimum atomic E-state index is -0.174. The normalized spacial score (nSPS) is 32.0. The molecule has 0 spiro atoms. The van der Waals surface area contributed by atoms with Crippen LogP contribution < -0.4 is 10.6 Å². The summed E-state index contributed by atoms with van der Waals surface area (Å²) in [5, 5.41) is 6.23. The van der Waals surface area contributed by atoms with Crippen LogP contribution in [0.1, 0.15) is 43.7 Å². The van der Waals surface area contributed by atoms with Gasteiger partial charge in [-0.25, -0.2) is 4.79 Å². The molecule has 1 aromatic carbocycles. The number of hydrogen-bond acceptors (Lipinski definition) is 3. The second-order valence-electron chi connectivity index (χ2n) is 7.15. The van der Waals surface area contributed by atoms with Gasteiger partial charge < -0.3 is 20.3 Å². The van der Waals surface area contributed by atoms with Crippen LogP contribution in [0, 0.1) is 0 Å². The highest BCUT2D eigenvalue weighted by molar-refractivity contribution is 5.79. The van der Waals surface area contributed by atoms with Crippen LogP contribution in [0.25, 0.3) is 0 Å². The fourth-order valence-corrected chi connectivity index (χ4v) is 4.35. The highest BCUT2D eigenvalue weighted by Gasteiger charge is 2.40. The van der Waals surface area contributed by atoms with Gasteiger partial charge in [0.2, 0.25) is 5.91 Å². The van der Waals surface area contributed by atoms with E-state index < -0.39 is 0 Å². The number of morpholine rings is 1. The maximum Gasteiger partial charge on any atom is 0.318 e. The summed E-state index contributed by atoms with van der Waals surface area (Å²) in [5.41, 5.74) is 1.03.